The summed E-state index contributed by atoms with van der Waals surface area (Å²) < 4.78 is 44.2. The fourth-order valence-electron chi connectivity index (χ4n) is 3.37. The van der Waals surface area contributed by atoms with E-state index in [1.54, 1.807) is 44.2 Å². The summed E-state index contributed by atoms with van der Waals surface area (Å²) in [6, 6.07) is 12.6. The molecular formula is C21H30N3O8PS. The van der Waals surface area contributed by atoms with Crippen LogP contribution in [-0.2, 0) is 25.5 Å². The summed E-state index contributed by atoms with van der Waals surface area (Å²) >= 11 is 0. The maximum Gasteiger partial charge on any atom is 0.469 e. The zero-order valence-corrected chi connectivity index (χ0v) is 20.8. The quantitative estimate of drug-likeness (QED) is 0.199. The number of hydrazine groups is 1. The largest absolute Gasteiger partial charge is 0.469 e. The van der Waals surface area contributed by atoms with Crippen LogP contribution in [0.4, 0.5) is 10.5 Å². The van der Waals surface area contributed by atoms with Crippen LogP contribution in [0.1, 0.15) is 26.3 Å². The molecule has 13 heteroatoms. The summed E-state index contributed by atoms with van der Waals surface area (Å²) in [5, 5.41) is 10.7. The van der Waals surface area contributed by atoms with Crippen molar-refractivity contribution in [3.8, 4) is 0 Å². The van der Waals surface area contributed by atoms with E-state index in [1.807, 2.05) is 0 Å². The number of carbonyl (C=O) groups is 1. The Hall–Kier alpha value is -2.47. The Kier molecular flexibility index (Phi) is 9.23. The molecule has 2 aromatic carbocycles. The zero-order chi connectivity index (χ0) is 25.7. The average molecular weight is 516 g/mol. The first kappa shape index (κ1) is 27.8. The van der Waals surface area contributed by atoms with E-state index in [0.29, 0.717) is 20.7 Å². The number of carboxylic acid groups (broad SMARTS) is 1. The Balaban J connectivity index is 2.64. The molecule has 2 rings (SSSR count). The molecule has 0 bridgehead atoms. The molecule has 0 unspecified atom stereocenters. The summed E-state index contributed by atoms with van der Waals surface area (Å²) in [4.78, 5) is 31.0. The van der Waals surface area contributed by atoms with E-state index in [9.17, 15) is 32.7 Å². The molecule has 188 valence electrons. The van der Waals surface area contributed by atoms with Crippen molar-refractivity contribution in [3.63, 3.8) is 0 Å². The van der Waals surface area contributed by atoms with E-state index in [0.717, 1.165) is 0 Å². The molecule has 0 heterocycles. The van der Waals surface area contributed by atoms with E-state index in [2.05, 4.69) is 0 Å². The first-order valence-electron chi connectivity index (χ1n) is 10.4. The second kappa shape index (κ2) is 11.3. The summed E-state index contributed by atoms with van der Waals surface area (Å²) in [5.74, 6) is -0.291. The van der Waals surface area contributed by atoms with Crippen molar-refractivity contribution in [2.75, 3.05) is 12.3 Å². The highest BCUT2D eigenvalue weighted by Crippen LogP contribution is 2.39. The van der Waals surface area contributed by atoms with Gasteiger partial charge in [0.15, 0.2) is 0 Å². The normalized spacial score (nSPS) is 14.2. The summed E-state index contributed by atoms with van der Waals surface area (Å²) in [5.41, 5.74) is 6.61. The van der Waals surface area contributed by atoms with Crippen LogP contribution in [0.2, 0.25) is 0 Å². The molecule has 0 saturated carbocycles. The van der Waals surface area contributed by atoms with Crippen molar-refractivity contribution in [3.05, 3.63) is 60.2 Å². The Morgan fingerprint density at radius 1 is 1.06 bits per heavy atom. The van der Waals surface area contributed by atoms with Crippen LogP contribution < -0.4 is 5.73 Å². The van der Waals surface area contributed by atoms with E-state index >= 15 is 0 Å². The third-order valence-corrected chi connectivity index (χ3v) is 7.22. The van der Waals surface area contributed by atoms with Gasteiger partial charge in [0.1, 0.15) is 0 Å². The summed E-state index contributed by atoms with van der Waals surface area (Å²) in [7, 11) is -9.41. The maximum atomic E-state index is 13.6. The number of phosphoric acid groups is 1. The van der Waals surface area contributed by atoms with Gasteiger partial charge in [-0.3, -0.25) is 4.52 Å². The second-order valence-electron chi connectivity index (χ2n) is 8.16. The smallest absolute Gasteiger partial charge is 0.464 e. The van der Waals surface area contributed by atoms with Gasteiger partial charge in [-0.25, -0.2) is 22.8 Å². The minimum Gasteiger partial charge on any atom is -0.464 e. The number of amides is 1. The molecule has 0 aromatic heterocycles. The first-order valence-corrected chi connectivity index (χ1v) is 13.4. The number of rotatable bonds is 11. The Labute approximate surface area is 199 Å². The van der Waals surface area contributed by atoms with Gasteiger partial charge >= 0.3 is 13.9 Å². The van der Waals surface area contributed by atoms with Gasteiger partial charge in [0.05, 0.1) is 17.0 Å². The number of nitrogen functional groups attached to an aromatic ring is 1. The van der Waals surface area contributed by atoms with Gasteiger partial charge in [-0.1, -0.05) is 44.2 Å². The highest BCUT2D eigenvalue weighted by molar-refractivity contribution is 7.89. The third kappa shape index (κ3) is 7.52. The number of hydrogen-bond acceptors (Lipinski definition) is 6. The average Bonchev–Trinajstić information content (AvgIpc) is 2.71. The third-order valence-electron chi connectivity index (χ3n) is 4.86. The fraction of sp³-hybridized carbons (Fsp3) is 0.381. The van der Waals surface area contributed by atoms with Crippen LogP contribution in [0.15, 0.2) is 59.5 Å². The minimum atomic E-state index is -5.01. The first-order chi connectivity index (χ1) is 15.7. The Bertz CT molecular complexity index is 1110. The molecule has 11 nitrogen and oxygen atoms in total. The van der Waals surface area contributed by atoms with Crippen molar-refractivity contribution in [2.45, 2.75) is 44.2 Å². The predicted molar refractivity (Wildman–Crippen MR) is 126 cm³/mol. The lowest BCUT2D eigenvalue weighted by molar-refractivity contribution is -0.0271. The number of sulfonamides is 1. The van der Waals surface area contributed by atoms with E-state index in [1.165, 1.54) is 31.2 Å². The molecule has 0 spiro atoms. The lowest BCUT2D eigenvalue weighted by Gasteiger charge is -2.40. The van der Waals surface area contributed by atoms with Crippen LogP contribution >= 0.6 is 7.82 Å². The predicted octanol–water partition coefficient (Wildman–Crippen LogP) is 2.92. The van der Waals surface area contributed by atoms with Crippen LogP contribution in [0.5, 0.6) is 0 Å². The SMILES string of the molecule is CC(C)CN(N(C(=O)O)[C@@H](Cc1ccccc1)[C@@H](C)OP(=O)(O)O)S(=O)(=O)c1ccc(N)cc1. The molecular weight excluding hydrogens is 485 g/mol. The lowest BCUT2D eigenvalue weighted by Crippen LogP contribution is -2.58. The topological polar surface area (TPSA) is 171 Å². The molecule has 0 aliphatic carbocycles. The van der Waals surface area contributed by atoms with Crippen LogP contribution in [-0.4, -0.2) is 57.5 Å². The lowest BCUT2D eigenvalue weighted by atomic mass is 10.0. The van der Waals surface area contributed by atoms with Gasteiger partial charge in [0, 0.05) is 12.2 Å². The van der Waals surface area contributed by atoms with E-state index < -0.39 is 36.1 Å². The van der Waals surface area contributed by atoms with Gasteiger partial charge in [0.2, 0.25) is 0 Å². The van der Waals surface area contributed by atoms with E-state index in [-0.39, 0.29) is 23.8 Å². The van der Waals surface area contributed by atoms with Gasteiger partial charge in [-0.2, -0.15) is 0 Å². The molecule has 0 aliphatic heterocycles. The fourth-order valence-corrected chi connectivity index (χ4v) is 5.59. The molecule has 0 radical (unpaired) electrons. The van der Waals surface area contributed by atoms with Crippen LogP contribution in [0, 0.1) is 5.92 Å². The number of anilines is 1. The van der Waals surface area contributed by atoms with Crippen molar-refractivity contribution in [2.24, 2.45) is 5.92 Å². The Morgan fingerprint density at radius 3 is 2.09 bits per heavy atom. The molecule has 2 aromatic rings. The number of phosphoric ester groups is 1. The van der Waals surface area contributed by atoms with Crippen molar-refractivity contribution in [1.29, 1.82) is 0 Å². The van der Waals surface area contributed by atoms with Crippen molar-refractivity contribution in [1.82, 2.24) is 9.42 Å². The van der Waals surface area contributed by atoms with Gasteiger partial charge in [-0.05, 0) is 49.1 Å². The molecule has 0 aliphatic rings. The van der Waals surface area contributed by atoms with Crippen molar-refractivity contribution >= 4 is 29.6 Å². The molecule has 0 fully saturated rings. The van der Waals surface area contributed by atoms with Gasteiger partial charge in [-0.15, -0.1) is 4.41 Å². The monoisotopic (exact) mass is 515 g/mol. The number of hydrogen-bond donors (Lipinski definition) is 4. The van der Waals surface area contributed by atoms with Gasteiger partial charge < -0.3 is 20.6 Å². The molecule has 2 atom stereocenters. The van der Waals surface area contributed by atoms with Crippen molar-refractivity contribution < 1.29 is 37.2 Å². The standard InChI is InChI=1S/C21H30N3O8PS/c1-15(2)14-23(34(30,31)19-11-9-18(22)10-12-19)24(21(25)26)20(16(3)32-33(27,28)29)13-17-7-5-4-6-8-17/h4-12,15-16,20H,13-14,22H2,1-3H3,(H,25,26)(H2,27,28,29)/t16-,20+/m1/s1. The minimum absolute atomic E-state index is 0.0693. The highest BCUT2D eigenvalue weighted by Gasteiger charge is 2.42. The number of benzene rings is 2. The number of nitrogens with zero attached hydrogens (tertiary/aromatic N) is 2. The zero-order valence-electron chi connectivity index (χ0n) is 19.1. The van der Waals surface area contributed by atoms with Gasteiger partial charge in [0.25, 0.3) is 10.0 Å². The summed E-state index contributed by atoms with van der Waals surface area (Å²) in [6.45, 7) is 4.50. The highest BCUT2D eigenvalue weighted by atomic mass is 32.2. The van der Waals surface area contributed by atoms with E-state index in [4.69, 9.17) is 10.3 Å². The molecule has 0 saturated heterocycles. The molecule has 1 amide bonds. The Morgan fingerprint density at radius 2 is 1.62 bits per heavy atom. The molecule has 34 heavy (non-hydrogen) atoms. The van der Waals surface area contributed by atoms with Crippen LogP contribution in [0.25, 0.3) is 0 Å². The van der Waals surface area contributed by atoms with Crippen LogP contribution in [0.3, 0.4) is 0 Å². The molecule has 5 N–H and O–H groups in total. The second-order valence-corrected chi connectivity index (χ2v) is 11.2. The number of nitrogens with two attached hydrogens (primary N) is 1. The summed E-state index contributed by atoms with van der Waals surface area (Å²) in [6.07, 6.45) is -3.06. The maximum absolute atomic E-state index is 13.6.